The maximum absolute atomic E-state index is 13.0. The van der Waals surface area contributed by atoms with Crippen LogP contribution in [0.4, 0.5) is 0 Å². The van der Waals surface area contributed by atoms with Crippen molar-refractivity contribution in [3.63, 3.8) is 0 Å². The lowest BCUT2D eigenvalue weighted by molar-refractivity contribution is -0.148. The summed E-state index contributed by atoms with van der Waals surface area (Å²) in [5, 5.41) is 33.8. The number of carbonyl (C=O) groups excluding carboxylic acids is 3. The Bertz CT molecular complexity index is 957. The molecule has 0 saturated heterocycles. The molecule has 0 aliphatic carbocycles. The van der Waals surface area contributed by atoms with Crippen LogP contribution in [-0.4, -0.2) is 81.7 Å². The van der Waals surface area contributed by atoms with E-state index in [1.165, 1.54) is 0 Å². The van der Waals surface area contributed by atoms with E-state index in [0.717, 1.165) is 5.56 Å². The summed E-state index contributed by atoms with van der Waals surface area (Å²) < 4.78 is 0. The minimum atomic E-state index is -1.85. The highest BCUT2D eigenvalue weighted by Crippen LogP contribution is 2.06. The summed E-state index contributed by atoms with van der Waals surface area (Å²) in [5.74, 6) is -7.42. The van der Waals surface area contributed by atoms with Gasteiger partial charge in [0.05, 0.1) is 18.9 Å². The largest absolute Gasteiger partial charge is 0.481 e. The molecule has 0 heterocycles. The van der Waals surface area contributed by atoms with Gasteiger partial charge in [-0.2, -0.15) is 0 Å². The van der Waals surface area contributed by atoms with Crippen LogP contribution in [0, 0.1) is 0 Å². The van der Waals surface area contributed by atoms with Crippen LogP contribution in [0.3, 0.4) is 0 Å². The summed E-state index contributed by atoms with van der Waals surface area (Å²) in [5.41, 5.74) is 12.3. The van der Waals surface area contributed by atoms with Gasteiger partial charge in [0, 0.05) is 0 Å². The molecule has 4 atom stereocenters. The van der Waals surface area contributed by atoms with Gasteiger partial charge in [-0.25, -0.2) is 4.79 Å². The molecule has 0 fully saturated rings. The van der Waals surface area contributed by atoms with Crippen molar-refractivity contribution < 1.29 is 44.1 Å². The Kier molecular flexibility index (Phi) is 13.3. The summed E-state index contributed by atoms with van der Waals surface area (Å²) >= 11 is 0. The highest BCUT2D eigenvalue weighted by Gasteiger charge is 2.32. The molecule has 1 aromatic rings. The second kappa shape index (κ2) is 15.9. The van der Waals surface area contributed by atoms with Crippen LogP contribution < -0.4 is 27.4 Å². The Labute approximate surface area is 212 Å². The third-order valence-electron chi connectivity index (χ3n) is 5.22. The second-order valence-corrected chi connectivity index (χ2v) is 8.30. The van der Waals surface area contributed by atoms with Crippen LogP contribution in [-0.2, 0) is 35.2 Å². The van der Waals surface area contributed by atoms with Crippen molar-refractivity contribution in [1.82, 2.24) is 16.0 Å². The average molecular weight is 524 g/mol. The van der Waals surface area contributed by atoms with Crippen LogP contribution in [0.25, 0.3) is 0 Å². The fraction of sp³-hybridized carbons (Fsp3) is 0.478. The maximum atomic E-state index is 13.0. The number of unbranched alkanes of at least 4 members (excludes halogenated alkanes) is 1. The fourth-order valence-electron chi connectivity index (χ4n) is 3.30. The lowest BCUT2D eigenvalue weighted by Gasteiger charge is -2.24. The first kappa shape index (κ1) is 31.0. The molecule has 14 heteroatoms. The van der Waals surface area contributed by atoms with E-state index in [2.05, 4.69) is 10.6 Å². The van der Waals surface area contributed by atoms with Crippen molar-refractivity contribution in [3.05, 3.63) is 35.9 Å². The molecule has 0 aliphatic heterocycles. The summed E-state index contributed by atoms with van der Waals surface area (Å²) in [6.45, 7) is 0.319. The zero-order valence-corrected chi connectivity index (χ0v) is 20.1. The third-order valence-corrected chi connectivity index (χ3v) is 5.22. The van der Waals surface area contributed by atoms with Gasteiger partial charge in [0.2, 0.25) is 17.7 Å². The van der Waals surface area contributed by atoms with E-state index in [4.69, 9.17) is 26.8 Å². The zero-order chi connectivity index (χ0) is 28.0. The Balaban J connectivity index is 2.98. The Hall–Kier alpha value is -4.04. The van der Waals surface area contributed by atoms with Crippen molar-refractivity contribution in [2.45, 2.75) is 62.7 Å². The molecule has 4 unspecified atom stereocenters. The number of nitrogens with two attached hydrogens (primary N) is 2. The van der Waals surface area contributed by atoms with E-state index in [1.807, 2.05) is 5.32 Å². The molecule has 3 amide bonds. The van der Waals surface area contributed by atoms with E-state index >= 15 is 0 Å². The van der Waals surface area contributed by atoms with Crippen molar-refractivity contribution in [1.29, 1.82) is 0 Å². The first-order valence-corrected chi connectivity index (χ1v) is 11.5. The molecule has 10 N–H and O–H groups in total. The van der Waals surface area contributed by atoms with Gasteiger partial charge in [-0.05, 0) is 37.8 Å². The quantitative estimate of drug-likeness (QED) is 0.105. The number of carboxylic acids is 3. The predicted molar refractivity (Wildman–Crippen MR) is 129 cm³/mol. The first-order chi connectivity index (χ1) is 17.4. The smallest absolute Gasteiger partial charge is 0.326 e. The van der Waals surface area contributed by atoms with E-state index in [9.17, 15) is 28.8 Å². The molecule has 204 valence electrons. The van der Waals surface area contributed by atoms with Gasteiger partial charge in [0.1, 0.15) is 18.1 Å². The predicted octanol–water partition coefficient (Wildman–Crippen LogP) is -1.83. The van der Waals surface area contributed by atoms with Gasteiger partial charge in [-0.1, -0.05) is 30.3 Å². The molecule has 1 rings (SSSR count). The summed E-state index contributed by atoms with van der Waals surface area (Å²) in [7, 11) is 0. The number of nitrogens with one attached hydrogen (secondary N) is 3. The number of amides is 3. The molecular formula is C23H33N5O9. The van der Waals surface area contributed by atoms with E-state index in [1.54, 1.807) is 30.3 Å². The lowest BCUT2D eigenvalue weighted by atomic mass is 10.0. The summed E-state index contributed by atoms with van der Waals surface area (Å²) in [6.07, 6.45) is -0.665. The highest BCUT2D eigenvalue weighted by molar-refractivity contribution is 5.96. The Morgan fingerprint density at radius 3 is 1.78 bits per heavy atom. The van der Waals surface area contributed by atoms with Gasteiger partial charge in [-0.15, -0.1) is 0 Å². The van der Waals surface area contributed by atoms with Gasteiger partial charge in [0.25, 0.3) is 0 Å². The van der Waals surface area contributed by atoms with Crippen LogP contribution in [0.1, 0.15) is 37.7 Å². The van der Waals surface area contributed by atoms with Gasteiger partial charge in [0.15, 0.2) is 0 Å². The van der Waals surface area contributed by atoms with Crippen molar-refractivity contribution >= 4 is 35.6 Å². The SMILES string of the molecule is NCCCCC(NC(=O)C(N)Cc1ccccc1)C(=O)NC(CC(=O)O)C(=O)NC(CC(=O)O)C(=O)O. The average Bonchev–Trinajstić information content (AvgIpc) is 2.82. The van der Waals surface area contributed by atoms with Crippen LogP contribution in [0.15, 0.2) is 30.3 Å². The van der Waals surface area contributed by atoms with Gasteiger partial charge in [-0.3, -0.25) is 24.0 Å². The van der Waals surface area contributed by atoms with Gasteiger partial charge < -0.3 is 42.7 Å². The molecule has 1 aromatic carbocycles. The zero-order valence-electron chi connectivity index (χ0n) is 20.1. The fourth-order valence-corrected chi connectivity index (χ4v) is 3.30. The van der Waals surface area contributed by atoms with Gasteiger partial charge >= 0.3 is 17.9 Å². The van der Waals surface area contributed by atoms with Crippen molar-refractivity contribution in [3.8, 4) is 0 Å². The normalized spacial score (nSPS) is 13.9. The second-order valence-electron chi connectivity index (χ2n) is 8.30. The number of hydrogen-bond acceptors (Lipinski definition) is 8. The standard InChI is InChI=1S/C23H33N5O9/c24-9-5-4-8-15(26-20(33)14(25)10-13-6-2-1-3-7-13)21(34)27-16(11-18(29)30)22(35)28-17(23(36)37)12-19(31)32/h1-3,6-7,14-17H,4-5,8-12,24-25H2,(H,26,33)(H,27,34)(H,28,35)(H,29,30)(H,31,32)(H,36,37). The molecule has 0 aromatic heterocycles. The minimum absolute atomic E-state index is 0.102. The molecule has 0 radical (unpaired) electrons. The summed E-state index contributed by atoms with van der Waals surface area (Å²) in [6, 6.07) is 3.13. The molecule has 0 aliphatic rings. The first-order valence-electron chi connectivity index (χ1n) is 11.5. The maximum Gasteiger partial charge on any atom is 0.326 e. The highest BCUT2D eigenvalue weighted by atomic mass is 16.4. The number of carboxylic acid groups (broad SMARTS) is 3. The van der Waals surface area contributed by atoms with E-state index in [-0.39, 0.29) is 12.8 Å². The Morgan fingerprint density at radius 2 is 1.24 bits per heavy atom. The number of carbonyl (C=O) groups is 6. The lowest BCUT2D eigenvalue weighted by Crippen LogP contribution is -2.57. The molecule has 37 heavy (non-hydrogen) atoms. The Morgan fingerprint density at radius 1 is 0.730 bits per heavy atom. The van der Waals surface area contributed by atoms with Crippen LogP contribution >= 0.6 is 0 Å². The number of rotatable bonds is 17. The van der Waals surface area contributed by atoms with E-state index in [0.29, 0.717) is 19.4 Å². The summed E-state index contributed by atoms with van der Waals surface area (Å²) in [4.78, 5) is 71.6. The molecule has 14 nitrogen and oxygen atoms in total. The van der Waals surface area contributed by atoms with Crippen LogP contribution in [0.2, 0.25) is 0 Å². The monoisotopic (exact) mass is 523 g/mol. The number of benzene rings is 1. The molecule has 0 saturated carbocycles. The molecular weight excluding hydrogens is 490 g/mol. The molecule has 0 spiro atoms. The van der Waals surface area contributed by atoms with E-state index < -0.39 is 72.6 Å². The number of hydrogen-bond donors (Lipinski definition) is 8. The van der Waals surface area contributed by atoms with Crippen LogP contribution in [0.5, 0.6) is 0 Å². The third kappa shape index (κ3) is 12.0. The number of aliphatic carboxylic acids is 3. The van der Waals surface area contributed by atoms with Crippen molar-refractivity contribution in [2.24, 2.45) is 11.5 Å². The topological polar surface area (TPSA) is 251 Å². The minimum Gasteiger partial charge on any atom is -0.481 e. The molecule has 0 bridgehead atoms. The van der Waals surface area contributed by atoms with Crippen molar-refractivity contribution in [2.75, 3.05) is 6.54 Å².